The van der Waals surface area contributed by atoms with Crippen LogP contribution in [0.3, 0.4) is 0 Å². The van der Waals surface area contributed by atoms with Gasteiger partial charge in [0.1, 0.15) is 6.73 Å². The number of benzene rings is 1. The van der Waals surface area contributed by atoms with Crippen molar-refractivity contribution in [2.45, 2.75) is 12.5 Å². The zero-order valence-electron chi connectivity index (χ0n) is 9.24. The molecular weight excluding hydrogens is 261 g/mol. The van der Waals surface area contributed by atoms with Crippen LogP contribution in [0.2, 0.25) is 10.0 Å². The van der Waals surface area contributed by atoms with Crippen LogP contribution in [-0.2, 0) is 9.53 Å². The van der Waals surface area contributed by atoms with Crippen molar-refractivity contribution in [3.05, 3.63) is 40.9 Å². The molecule has 1 aromatic rings. The molecule has 1 heterocycles. The average Bonchev–Trinajstić information content (AvgIpc) is 2.55. The predicted octanol–water partition coefficient (Wildman–Crippen LogP) is 3.26. The Kier molecular flexibility index (Phi) is 3.17. The van der Waals surface area contributed by atoms with Crippen molar-refractivity contribution in [3.8, 4) is 0 Å². The molecule has 1 unspecified atom stereocenters. The standard InChI is InChI=1S/C12H11Cl2NO2/c1-3-12(2)11(16)15(7-17-12)10-5-8(13)4-9(14)6-10/h3-6H,1,7H2,2H3. The van der Waals surface area contributed by atoms with Gasteiger partial charge in [-0.2, -0.15) is 0 Å². The van der Waals surface area contributed by atoms with Crippen LogP contribution in [0.25, 0.3) is 0 Å². The summed E-state index contributed by atoms with van der Waals surface area (Å²) in [6.07, 6.45) is 1.49. The van der Waals surface area contributed by atoms with Gasteiger partial charge in [-0.1, -0.05) is 35.9 Å². The minimum absolute atomic E-state index is 0.165. The highest BCUT2D eigenvalue weighted by atomic mass is 35.5. The summed E-state index contributed by atoms with van der Waals surface area (Å²) in [6, 6.07) is 4.95. The van der Waals surface area contributed by atoms with E-state index in [1.165, 1.54) is 11.0 Å². The Labute approximate surface area is 110 Å². The van der Waals surface area contributed by atoms with Gasteiger partial charge in [-0.15, -0.1) is 0 Å². The van der Waals surface area contributed by atoms with E-state index in [4.69, 9.17) is 27.9 Å². The topological polar surface area (TPSA) is 29.5 Å². The fourth-order valence-corrected chi connectivity index (χ4v) is 2.13. The van der Waals surface area contributed by atoms with E-state index in [0.717, 1.165) is 0 Å². The van der Waals surface area contributed by atoms with E-state index in [-0.39, 0.29) is 12.6 Å². The van der Waals surface area contributed by atoms with Crippen LogP contribution in [0, 0.1) is 0 Å². The van der Waals surface area contributed by atoms with Crippen molar-refractivity contribution in [2.75, 3.05) is 11.6 Å². The van der Waals surface area contributed by atoms with Gasteiger partial charge >= 0.3 is 0 Å². The summed E-state index contributed by atoms with van der Waals surface area (Å²) in [5, 5.41) is 0.958. The number of anilines is 1. The summed E-state index contributed by atoms with van der Waals surface area (Å²) in [4.78, 5) is 13.6. The summed E-state index contributed by atoms with van der Waals surface area (Å²) in [6.45, 7) is 5.44. The Balaban J connectivity index is 2.37. The lowest BCUT2D eigenvalue weighted by Crippen LogP contribution is -2.36. The molecule has 1 aliphatic heterocycles. The summed E-state index contributed by atoms with van der Waals surface area (Å²) in [5.74, 6) is -0.175. The molecule has 0 spiro atoms. The lowest BCUT2D eigenvalue weighted by atomic mass is 10.1. The molecule has 0 aromatic heterocycles. The molecule has 1 saturated heterocycles. The zero-order chi connectivity index (χ0) is 12.6. The van der Waals surface area contributed by atoms with Crippen molar-refractivity contribution < 1.29 is 9.53 Å². The van der Waals surface area contributed by atoms with Gasteiger partial charge in [0.05, 0.1) is 0 Å². The maximum atomic E-state index is 12.1. The molecular formula is C12H11Cl2NO2. The fraction of sp³-hybridized carbons (Fsp3) is 0.250. The molecule has 1 aromatic carbocycles. The smallest absolute Gasteiger partial charge is 0.264 e. The molecule has 90 valence electrons. The number of hydrogen-bond acceptors (Lipinski definition) is 2. The third-order valence-electron chi connectivity index (χ3n) is 2.71. The van der Waals surface area contributed by atoms with Gasteiger partial charge < -0.3 is 4.74 Å². The van der Waals surface area contributed by atoms with Crippen molar-refractivity contribution >= 4 is 34.8 Å². The molecule has 1 amide bonds. The van der Waals surface area contributed by atoms with E-state index in [1.54, 1.807) is 25.1 Å². The van der Waals surface area contributed by atoms with Crippen LogP contribution < -0.4 is 4.90 Å². The van der Waals surface area contributed by atoms with Gasteiger partial charge in [-0.25, -0.2) is 0 Å². The second-order valence-corrected chi connectivity index (χ2v) is 4.82. The van der Waals surface area contributed by atoms with Crippen molar-refractivity contribution in [1.82, 2.24) is 0 Å². The van der Waals surface area contributed by atoms with Crippen LogP contribution in [0.4, 0.5) is 5.69 Å². The molecule has 0 radical (unpaired) electrons. The summed E-state index contributed by atoms with van der Waals surface area (Å²) in [7, 11) is 0. The first-order valence-electron chi connectivity index (χ1n) is 5.02. The van der Waals surface area contributed by atoms with E-state index in [0.29, 0.717) is 15.7 Å². The monoisotopic (exact) mass is 271 g/mol. The van der Waals surface area contributed by atoms with Crippen LogP contribution in [0.15, 0.2) is 30.9 Å². The number of nitrogens with zero attached hydrogens (tertiary/aromatic N) is 1. The van der Waals surface area contributed by atoms with Crippen molar-refractivity contribution in [1.29, 1.82) is 0 Å². The number of amides is 1. The Morgan fingerprint density at radius 1 is 1.41 bits per heavy atom. The van der Waals surface area contributed by atoms with Crippen LogP contribution in [-0.4, -0.2) is 18.2 Å². The lowest BCUT2D eigenvalue weighted by Gasteiger charge is -2.17. The van der Waals surface area contributed by atoms with E-state index >= 15 is 0 Å². The molecule has 0 bridgehead atoms. The molecule has 17 heavy (non-hydrogen) atoms. The van der Waals surface area contributed by atoms with Crippen molar-refractivity contribution in [3.63, 3.8) is 0 Å². The van der Waals surface area contributed by atoms with Gasteiger partial charge in [0, 0.05) is 15.7 Å². The minimum atomic E-state index is -0.977. The molecule has 1 fully saturated rings. The number of ether oxygens (including phenoxy) is 1. The first kappa shape index (κ1) is 12.4. The van der Waals surface area contributed by atoms with Crippen LogP contribution >= 0.6 is 23.2 Å². The van der Waals surface area contributed by atoms with Crippen LogP contribution in [0.5, 0.6) is 0 Å². The number of halogens is 2. The van der Waals surface area contributed by atoms with Gasteiger partial charge in [0.2, 0.25) is 0 Å². The second kappa shape index (κ2) is 4.33. The van der Waals surface area contributed by atoms with Gasteiger partial charge in [0.15, 0.2) is 5.60 Å². The lowest BCUT2D eigenvalue weighted by molar-refractivity contribution is -0.126. The predicted molar refractivity (Wildman–Crippen MR) is 68.5 cm³/mol. The molecule has 1 atom stereocenters. The quantitative estimate of drug-likeness (QED) is 0.773. The van der Waals surface area contributed by atoms with Crippen LogP contribution in [0.1, 0.15) is 6.92 Å². The third kappa shape index (κ3) is 2.18. The maximum absolute atomic E-state index is 12.1. The van der Waals surface area contributed by atoms with Gasteiger partial charge in [0.25, 0.3) is 5.91 Å². The van der Waals surface area contributed by atoms with E-state index < -0.39 is 5.60 Å². The first-order chi connectivity index (χ1) is 7.96. The van der Waals surface area contributed by atoms with E-state index in [1.807, 2.05) is 0 Å². The van der Waals surface area contributed by atoms with E-state index in [9.17, 15) is 4.79 Å². The summed E-state index contributed by atoms with van der Waals surface area (Å²) in [5.41, 5.74) is -0.354. The van der Waals surface area contributed by atoms with Crippen molar-refractivity contribution in [2.24, 2.45) is 0 Å². The Hall–Kier alpha value is -1.03. The molecule has 5 heteroatoms. The maximum Gasteiger partial charge on any atom is 0.264 e. The summed E-state index contributed by atoms with van der Waals surface area (Å²) >= 11 is 11.8. The van der Waals surface area contributed by atoms with E-state index in [2.05, 4.69) is 6.58 Å². The highest BCUT2D eigenvalue weighted by Crippen LogP contribution is 2.31. The number of hydrogen-bond donors (Lipinski definition) is 0. The number of carbonyl (C=O) groups is 1. The SMILES string of the molecule is C=CC1(C)OCN(c2cc(Cl)cc(Cl)c2)C1=O. The normalized spacial score (nSPS) is 24.2. The fourth-order valence-electron chi connectivity index (χ4n) is 1.62. The molecule has 0 aliphatic carbocycles. The highest BCUT2D eigenvalue weighted by molar-refractivity contribution is 6.35. The first-order valence-corrected chi connectivity index (χ1v) is 5.77. The average molecular weight is 272 g/mol. The highest BCUT2D eigenvalue weighted by Gasteiger charge is 2.42. The summed E-state index contributed by atoms with van der Waals surface area (Å²) < 4.78 is 5.42. The minimum Gasteiger partial charge on any atom is -0.341 e. The Bertz CT molecular complexity index is 469. The number of rotatable bonds is 2. The zero-order valence-corrected chi connectivity index (χ0v) is 10.8. The molecule has 1 aliphatic rings. The molecule has 0 saturated carbocycles. The molecule has 3 nitrogen and oxygen atoms in total. The number of carbonyl (C=O) groups excluding carboxylic acids is 1. The molecule has 2 rings (SSSR count). The third-order valence-corrected chi connectivity index (χ3v) is 3.15. The molecule has 0 N–H and O–H groups in total. The Morgan fingerprint density at radius 2 is 2.00 bits per heavy atom. The Morgan fingerprint density at radius 3 is 2.47 bits per heavy atom. The second-order valence-electron chi connectivity index (χ2n) is 3.95. The van der Waals surface area contributed by atoms with Gasteiger partial charge in [-0.05, 0) is 25.1 Å². The largest absolute Gasteiger partial charge is 0.341 e. The van der Waals surface area contributed by atoms with Gasteiger partial charge in [-0.3, -0.25) is 9.69 Å².